The largest absolute Gasteiger partial charge is 0.464 e. The van der Waals surface area contributed by atoms with Crippen molar-refractivity contribution < 1.29 is 24.2 Å². The third-order valence-electron chi connectivity index (χ3n) is 5.07. The number of ether oxygens (including phenoxy) is 1. The lowest BCUT2D eigenvalue weighted by Crippen LogP contribution is -2.63. The number of β-lactam (4-membered cyclic amide) rings is 1. The molecule has 3 rings (SSSR count). The maximum Gasteiger partial charge on any atom is 0.349 e. The molecule has 31 heavy (non-hydrogen) atoms. The molecule has 0 bridgehead atoms. The summed E-state index contributed by atoms with van der Waals surface area (Å²) in [4.78, 5) is 53.4. The van der Waals surface area contributed by atoms with Gasteiger partial charge in [-0.25, -0.2) is 4.79 Å². The molecule has 0 saturated carbocycles. The molecule has 1 aromatic carbocycles. The van der Waals surface area contributed by atoms with Crippen LogP contribution in [0.1, 0.15) is 23.7 Å². The van der Waals surface area contributed by atoms with E-state index in [-0.39, 0.29) is 50.0 Å². The van der Waals surface area contributed by atoms with Gasteiger partial charge in [0.05, 0.1) is 12.5 Å². The summed E-state index contributed by atoms with van der Waals surface area (Å²) >= 11 is 0. The monoisotopic (exact) mass is 428 g/mol. The maximum atomic E-state index is 12.5. The number of aromatic nitrogens is 2. The number of rotatable bonds is 9. The molecule has 1 aliphatic rings. The zero-order valence-electron chi connectivity index (χ0n) is 17.1. The highest BCUT2D eigenvalue weighted by molar-refractivity contribution is 6.03. The standard InChI is InChI=1S/C21H24N4O6/c1-14(27)31-12-10-25-17(8-11-26)16(20(25)29)13-24-9-7-18(23-21(24)30)22-19(28)15-5-3-2-4-6-15/h2-7,9,16-17,26H,8,10-13H2,1H3,(H,22,23,28,30). The van der Waals surface area contributed by atoms with E-state index in [1.165, 1.54) is 28.7 Å². The summed E-state index contributed by atoms with van der Waals surface area (Å²) in [5.41, 5.74) is -0.158. The highest BCUT2D eigenvalue weighted by Gasteiger charge is 2.46. The number of carbonyl (C=O) groups is 3. The number of nitrogens with one attached hydrogen (secondary N) is 1. The van der Waals surface area contributed by atoms with Crippen molar-refractivity contribution in [1.82, 2.24) is 14.5 Å². The lowest BCUT2D eigenvalue weighted by Gasteiger charge is -2.47. The van der Waals surface area contributed by atoms with Gasteiger partial charge in [-0.05, 0) is 24.6 Å². The molecule has 2 atom stereocenters. The number of hydrogen-bond acceptors (Lipinski definition) is 7. The zero-order chi connectivity index (χ0) is 22.4. The molecule has 1 aromatic heterocycles. The van der Waals surface area contributed by atoms with Gasteiger partial charge in [0.1, 0.15) is 12.4 Å². The predicted molar refractivity (Wildman–Crippen MR) is 110 cm³/mol. The summed E-state index contributed by atoms with van der Waals surface area (Å²) in [7, 11) is 0. The summed E-state index contributed by atoms with van der Waals surface area (Å²) in [6.07, 6.45) is 1.82. The molecule has 0 aliphatic carbocycles. The van der Waals surface area contributed by atoms with Crippen molar-refractivity contribution >= 4 is 23.6 Å². The van der Waals surface area contributed by atoms with Crippen LogP contribution in [0.2, 0.25) is 0 Å². The van der Waals surface area contributed by atoms with E-state index >= 15 is 0 Å². The maximum absolute atomic E-state index is 12.5. The van der Waals surface area contributed by atoms with Crippen LogP contribution in [-0.2, 0) is 20.9 Å². The first-order chi connectivity index (χ1) is 14.9. The summed E-state index contributed by atoms with van der Waals surface area (Å²) in [5.74, 6) is -1.37. The van der Waals surface area contributed by atoms with E-state index in [2.05, 4.69) is 10.3 Å². The van der Waals surface area contributed by atoms with Crippen molar-refractivity contribution in [3.63, 3.8) is 0 Å². The van der Waals surface area contributed by atoms with E-state index in [9.17, 15) is 24.3 Å². The summed E-state index contributed by atoms with van der Waals surface area (Å²) < 4.78 is 6.18. The van der Waals surface area contributed by atoms with Crippen LogP contribution < -0.4 is 11.0 Å². The number of aliphatic hydroxyl groups excluding tert-OH is 1. The topological polar surface area (TPSA) is 131 Å². The number of benzene rings is 1. The van der Waals surface area contributed by atoms with Crippen LogP contribution in [0.15, 0.2) is 47.4 Å². The van der Waals surface area contributed by atoms with Crippen LogP contribution in [0.5, 0.6) is 0 Å². The summed E-state index contributed by atoms with van der Waals surface area (Å²) in [6.45, 7) is 1.59. The number of hydrogen-bond donors (Lipinski definition) is 2. The van der Waals surface area contributed by atoms with Crippen LogP contribution >= 0.6 is 0 Å². The smallest absolute Gasteiger partial charge is 0.349 e. The molecule has 2 unspecified atom stereocenters. The van der Waals surface area contributed by atoms with Gasteiger partial charge in [-0.3, -0.25) is 19.0 Å². The first kappa shape index (κ1) is 22.2. The number of carbonyl (C=O) groups excluding carboxylic acids is 3. The molecule has 2 aromatic rings. The van der Waals surface area contributed by atoms with Crippen molar-refractivity contribution in [1.29, 1.82) is 0 Å². The molecular formula is C21H24N4O6. The van der Waals surface area contributed by atoms with Crippen molar-refractivity contribution in [2.75, 3.05) is 25.1 Å². The lowest BCUT2D eigenvalue weighted by atomic mass is 9.85. The number of likely N-dealkylation sites (tertiary alicyclic amines) is 1. The molecule has 1 aliphatic heterocycles. The molecule has 0 spiro atoms. The van der Waals surface area contributed by atoms with Gasteiger partial charge >= 0.3 is 11.7 Å². The number of esters is 1. The molecular weight excluding hydrogens is 404 g/mol. The second-order valence-electron chi connectivity index (χ2n) is 7.13. The van der Waals surface area contributed by atoms with Crippen LogP contribution in [-0.4, -0.2) is 63.1 Å². The fourth-order valence-corrected chi connectivity index (χ4v) is 3.56. The minimum Gasteiger partial charge on any atom is -0.464 e. The first-order valence-electron chi connectivity index (χ1n) is 9.89. The number of amides is 2. The van der Waals surface area contributed by atoms with Gasteiger partial charge in [0.25, 0.3) is 5.91 Å². The second kappa shape index (κ2) is 9.98. The van der Waals surface area contributed by atoms with Gasteiger partial charge in [-0.1, -0.05) is 18.2 Å². The van der Waals surface area contributed by atoms with Gasteiger partial charge in [0.15, 0.2) is 0 Å². The number of anilines is 1. The summed E-state index contributed by atoms with van der Waals surface area (Å²) in [6, 6.07) is 9.77. The molecule has 10 heteroatoms. The molecule has 2 amide bonds. The van der Waals surface area contributed by atoms with Gasteiger partial charge in [0, 0.05) is 37.9 Å². The van der Waals surface area contributed by atoms with Crippen LogP contribution in [0.3, 0.4) is 0 Å². The van der Waals surface area contributed by atoms with Gasteiger partial charge in [-0.15, -0.1) is 0 Å². The average molecular weight is 428 g/mol. The quantitative estimate of drug-likeness (QED) is 0.433. The lowest BCUT2D eigenvalue weighted by molar-refractivity contribution is -0.161. The van der Waals surface area contributed by atoms with E-state index in [4.69, 9.17) is 4.74 Å². The third kappa shape index (κ3) is 5.34. The van der Waals surface area contributed by atoms with E-state index in [1.54, 1.807) is 30.3 Å². The molecule has 2 N–H and O–H groups in total. The zero-order valence-corrected chi connectivity index (χ0v) is 17.1. The SMILES string of the molecule is CC(=O)OCCN1C(=O)C(Cn2ccc(NC(=O)c3ccccc3)nc2=O)C1CCO. The molecule has 1 saturated heterocycles. The van der Waals surface area contributed by atoms with Crippen molar-refractivity contribution in [3.8, 4) is 0 Å². The van der Waals surface area contributed by atoms with E-state index < -0.39 is 17.6 Å². The van der Waals surface area contributed by atoms with Gasteiger partial charge in [-0.2, -0.15) is 4.98 Å². The van der Waals surface area contributed by atoms with E-state index in [0.29, 0.717) is 12.0 Å². The average Bonchev–Trinajstić information content (AvgIpc) is 2.75. The Morgan fingerprint density at radius 3 is 2.58 bits per heavy atom. The molecule has 164 valence electrons. The Morgan fingerprint density at radius 1 is 1.19 bits per heavy atom. The second-order valence-corrected chi connectivity index (χ2v) is 7.13. The number of aliphatic hydroxyl groups is 1. The third-order valence-corrected chi connectivity index (χ3v) is 5.07. The van der Waals surface area contributed by atoms with Crippen molar-refractivity contribution in [2.45, 2.75) is 25.9 Å². The molecule has 2 heterocycles. The Hall–Kier alpha value is -3.53. The van der Waals surface area contributed by atoms with E-state index in [1.807, 2.05) is 0 Å². The highest BCUT2D eigenvalue weighted by atomic mass is 16.5. The van der Waals surface area contributed by atoms with Crippen molar-refractivity contribution in [3.05, 3.63) is 58.6 Å². The Bertz CT molecular complexity index is 1010. The summed E-state index contributed by atoms with van der Waals surface area (Å²) in [5, 5.41) is 11.9. The fraction of sp³-hybridized carbons (Fsp3) is 0.381. The molecule has 1 fully saturated rings. The fourth-order valence-electron chi connectivity index (χ4n) is 3.56. The Balaban J connectivity index is 1.64. The normalized spacial score (nSPS) is 17.7. The Morgan fingerprint density at radius 2 is 1.94 bits per heavy atom. The predicted octanol–water partition coefficient (Wildman–Crippen LogP) is 0.268. The van der Waals surface area contributed by atoms with Crippen LogP contribution in [0.25, 0.3) is 0 Å². The van der Waals surface area contributed by atoms with Crippen LogP contribution in [0.4, 0.5) is 5.82 Å². The Labute approximate surface area is 178 Å². The van der Waals surface area contributed by atoms with Crippen LogP contribution in [0, 0.1) is 5.92 Å². The molecule has 10 nitrogen and oxygen atoms in total. The van der Waals surface area contributed by atoms with E-state index in [0.717, 1.165) is 0 Å². The minimum atomic E-state index is -0.597. The molecule has 0 radical (unpaired) electrons. The van der Waals surface area contributed by atoms with Gasteiger partial charge < -0.3 is 20.1 Å². The highest BCUT2D eigenvalue weighted by Crippen LogP contribution is 2.30. The first-order valence-corrected chi connectivity index (χ1v) is 9.89. The Kier molecular flexibility index (Phi) is 7.14. The minimum absolute atomic E-state index is 0.0764. The van der Waals surface area contributed by atoms with Crippen molar-refractivity contribution in [2.24, 2.45) is 5.92 Å². The number of nitrogens with zero attached hydrogens (tertiary/aromatic N) is 3. The van der Waals surface area contributed by atoms with Gasteiger partial charge in [0.2, 0.25) is 5.91 Å².